The number of nitrogens with one attached hydrogen (secondary N) is 1. The molecule has 1 aromatic carbocycles. The molecule has 2 aliphatic heterocycles. The number of hydrogen-bond acceptors (Lipinski definition) is 7. The Bertz CT molecular complexity index is 897. The fourth-order valence-corrected chi connectivity index (χ4v) is 4.01. The first-order valence-corrected chi connectivity index (χ1v) is 10.1. The van der Waals surface area contributed by atoms with E-state index in [0.29, 0.717) is 36.4 Å². The smallest absolute Gasteiger partial charge is 0.241 e. The van der Waals surface area contributed by atoms with Gasteiger partial charge in [-0.2, -0.15) is 0 Å². The van der Waals surface area contributed by atoms with Crippen LogP contribution in [0.3, 0.4) is 0 Å². The van der Waals surface area contributed by atoms with Crippen LogP contribution in [0, 0.1) is 0 Å². The first-order chi connectivity index (χ1) is 12.6. The Hall–Kier alpha value is -2.39. The zero-order chi connectivity index (χ0) is 18.0. The van der Waals surface area contributed by atoms with Gasteiger partial charge in [-0.3, -0.25) is 0 Å². The van der Waals surface area contributed by atoms with Gasteiger partial charge >= 0.3 is 0 Å². The number of aromatic nitrogens is 2. The third kappa shape index (κ3) is 3.58. The molecule has 9 heteroatoms. The van der Waals surface area contributed by atoms with E-state index in [1.807, 2.05) is 0 Å². The SMILES string of the molecule is O=S(=O)(NCc1ccnc(N2CCCC2)n1)c1ccc2c(c1)OCCO2. The monoisotopic (exact) mass is 376 g/mol. The van der Waals surface area contributed by atoms with E-state index < -0.39 is 10.0 Å². The van der Waals surface area contributed by atoms with Crippen molar-refractivity contribution in [2.24, 2.45) is 0 Å². The lowest BCUT2D eigenvalue weighted by Gasteiger charge is -2.19. The minimum atomic E-state index is -3.68. The molecule has 0 bridgehead atoms. The van der Waals surface area contributed by atoms with Crippen molar-refractivity contribution in [1.29, 1.82) is 0 Å². The van der Waals surface area contributed by atoms with E-state index in [4.69, 9.17) is 9.47 Å². The van der Waals surface area contributed by atoms with Gasteiger partial charge in [0, 0.05) is 25.4 Å². The third-order valence-electron chi connectivity index (χ3n) is 4.36. The topological polar surface area (TPSA) is 93.7 Å². The number of fused-ring (bicyclic) bond motifs is 1. The normalized spacial score (nSPS) is 16.7. The molecule has 26 heavy (non-hydrogen) atoms. The molecule has 0 amide bonds. The summed E-state index contributed by atoms with van der Waals surface area (Å²) in [5, 5.41) is 0. The van der Waals surface area contributed by atoms with Crippen LogP contribution in [0.25, 0.3) is 0 Å². The lowest BCUT2D eigenvalue weighted by molar-refractivity contribution is 0.171. The predicted molar refractivity (Wildman–Crippen MR) is 94.9 cm³/mol. The average Bonchev–Trinajstić information content (AvgIpc) is 3.21. The molecule has 0 saturated carbocycles. The molecular weight excluding hydrogens is 356 g/mol. The largest absolute Gasteiger partial charge is 0.486 e. The highest BCUT2D eigenvalue weighted by Gasteiger charge is 2.20. The van der Waals surface area contributed by atoms with Crippen LogP contribution < -0.4 is 19.1 Å². The number of ether oxygens (including phenoxy) is 2. The van der Waals surface area contributed by atoms with Crippen LogP contribution in [0.15, 0.2) is 35.4 Å². The Labute approximate surface area is 152 Å². The zero-order valence-electron chi connectivity index (χ0n) is 14.2. The highest BCUT2D eigenvalue weighted by Crippen LogP contribution is 2.32. The van der Waals surface area contributed by atoms with E-state index in [-0.39, 0.29) is 11.4 Å². The Morgan fingerprint density at radius 2 is 1.85 bits per heavy atom. The molecule has 0 unspecified atom stereocenters. The number of anilines is 1. The minimum Gasteiger partial charge on any atom is -0.486 e. The summed E-state index contributed by atoms with van der Waals surface area (Å²) in [6, 6.07) is 6.31. The molecule has 1 aromatic heterocycles. The van der Waals surface area contributed by atoms with Crippen molar-refractivity contribution in [3.8, 4) is 11.5 Å². The van der Waals surface area contributed by atoms with E-state index in [1.165, 1.54) is 12.1 Å². The van der Waals surface area contributed by atoms with Crippen molar-refractivity contribution in [3.05, 3.63) is 36.2 Å². The number of nitrogens with zero attached hydrogens (tertiary/aromatic N) is 3. The summed E-state index contributed by atoms with van der Waals surface area (Å²) in [5.41, 5.74) is 0.628. The molecule has 2 aromatic rings. The fraction of sp³-hybridized carbons (Fsp3) is 0.412. The van der Waals surface area contributed by atoms with Crippen LogP contribution >= 0.6 is 0 Å². The zero-order valence-corrected chi connectivity index (χ0v) is 15.0. The summed E-state index contributed by atoms with van der Waals surface area (Å²) in [4.78, 5) is 11.0. The van der Waals surface area contributed by atoms with E-state index >= 15 is 0 Å². The van der Waals surface area contributed by atoms with Gasteiger partial charge in [0.2, 0.25) is 16.0 Å². The summed E-state index contributed by atoms with van der Waals surface area (Å²) in [6.45, 7) is 2.84. The van der Waals surface area contributed by atoms with Crippen LogP contribution in [-0.2, 0) is 16.6 Å². The summed E-state index contributed by atoms with van der Waals surface area (Å²) in [7, 11) is -3.68. The molecule has 0 atom stereocenters. The molecule has 4 rings (SSSR count). The second-order valence-corrected chi connectivity index (χ2v) is 7.94. The first-order valence-electron chi connectivity index (χ1n) is 8.58. The number of hydrogen-bond donors (Lipinski definition) is 1. The molecule has 138 valence electrons. The van der Waals surface area contributed by atoms with E-state index in [0.717, 1.165) is 25.9 Å². The van der Waals surface area contributed by atoms with Crippen molar-refractivity contribution >= 4 is 16.0 Å². The second kappa shape index (κ2) is 7.08. The Morgan fingerprint density at radius 1 is 1.08 bits per heavy atom. The van der Waals surface area contributed by atoms with Crippen LogP contribution in [0.1, 0.15) is 18.5 Å². The van der Waals surface area contributed by atoms with Gasteiger partial charge in [0.15, 0.2) is 11.5 Å². The number of rotatable bonds is 5. The van der Waals surface area contributed by atoms with Crippen LogP contribution in [-0.4, -0.2) is 44.7 Å². The van der Waals surface area contributed by atoms with Gasteiger partial charge in [-0.05, 0) is 31.0 Å². The molecule has 0 aliphatic carbocycles. The molecule has 3 heterocycles. The summed E-state index contributed by atoms with van der Waals surface area (Å²) < 4.78 is 38.6. The highest BCUT2D eigenvalue weighted by atomic mass is 32.2. The third-order valence-corrected chi connectivity index (χ3v) is 5.76. The van der Waals surface area contributed by atoms with E-state index in [9.17, 15) is 8.42 Å². The molecule has 1 saturated heterocycles. The lowest BCUT2D eigenvalue weighted by Crippen LogP contribution is -2.25. The van der Waals surface area contributed by atoms with Crippen LogP contribution in [0.4, 0.5) is 5.95 Å². The molecule has 1 fully saturated rings. The maximum atomic E-state index is 12.6. The predicted octanol–water partition coefficient (Wildman–Crippen LogP) is 1.33. The number of benzene rings is 1. The minimum absolute atomic E-state index is 0.0974. The van der Waals surface area contributed by atoms with Crippen molar-refractivity contribution in [1.82, 2.24) is 14.7 Å². The van der Waals surface area contributed by atoms with Gasteiger partial charge in [0.1, 0.15) is 13.2 Å². The standard InChI is InChI=1S/C17H20N4O4S/c22-26(23,14-3-4-15-16(11-14)25-10-9-24-15)19-12-13-5-6-18-17(20-13)21-7-1-2-8-21/h3-6,11,19H,1-2,7-10,12H2. The van der Waals surface area contributed by atoms with Gasteiger partial charge in [-0.15, -0.1) is 0 Å². The maximum Gasteiger partial charge on any atom is 0.241 e. The highest BCUT2D eigenvalue weighted by molar-refractivity contribution is 7.89. The lowest BCUT2D eigenvalue weighted by atomic mass is 10.3. The molecule has 8 nitrogen and oxygen atoms in total. The Morgan fingerprint density at radius 3 is 2.65 bits per heavy atom. The molecular formula is C17H20N4O4S. The average molecular weight is 376 g/mol. The van der Waals surface area contributed by atoms with Crippen molar-refractivity contribution in [2.45, 2.75) is 24.3 Å². The van der Waals surface area contributed by atoms with Crippen LogP contribution in [0.5, 0.6) is 11.5 Å². The molecule has 1 N–H and O–H groups in total. The Balaban J connectivity index is 1.47. The van der Waals surface area contributed by atoms with Crippen LogP contribution in [0.2, 0.25) is 0 Å². The second-order valence-electron chi connectivity index (χ2n) is 6.17. The molecule has 0 spiro atoms. The molecule has 0 radical (unpaired) electrons. The maximum absolute atomic E-state index is 12.6. The summed E-state index contributed by atoms with van der Waals surface area (Å²) in [6.07, 6.45) is 3.92. The van der Waals surface area contributed by atoms with Gasteiger partial charge in [0.05, 0.1) is 17.1 Å². The van der Waals surface area contributed by atoms with Gasteiger partial charge < -0.3 is 14.4 Å². The van der Waals surface area contributed by atoms with E-state index in [1.54, 1.807) is 18.3 Å². The van der Waals surface area contributed by atoms with Gasteiger partial charge in [-0.1, -0.05) is 0 Å². The number of sulfonamides is 1. The van der Waals surface area contributed by atoms with Gasteiger partial charge in [-0.25, -0.2) is 23.1 Å². The fourth-order valence-electron chi connectivity index (χ4n) is 3.00. The van der Waals surface area contributed by atoms with Crippen molar-refractivity contribution in [3.63, 3.8) is 0 Å². The van der Waals surface area contributed by atoms with E-state index in [2.05, 4.69) is 19.6 Å². The van der Waals surface area contributed by atoms with Gasteiger partial charge in [0.25, 0.3) is 0 Å². The Kier molecular flexibility index (Phi) is 4.64. The summed E-state index contributed by atoms with van der Waals surface area (Å²) >= 11 is 0. The van der Waals surface area contributed by atoms with Crippen molar-refractivity contribution < 1.29 is 17.9 Å². The quantitative estimate of drug-likeness (QED) is 0.841. The molecule has 2 aliphatic rings. The van der Waals surface area contributed by atoms with Crippen molar-refractivity contribution in [2.75, 3.05) is 31.2 Å². The summed E-state index contributed by atoms with van der Waals surface area (Å²) in [5.74, 6) is 1.65. The first kappa shape index (κ1) is 17.0.